The van der Waals surface area contributed by atoms with Gasteiger partial charge < -0.3 is 23.9 Å². The molecule has 1 aliphatic heterocycles. The number of carbonyl (C=O) groups is 1. The molecular weight excluding hydrogens is 418 g/mol. The van der Waals surface area contributed by atoms with Gasteiger partial charge in [0.1, 0.15) is 28.9 Å². The van der Waals surface area contributed by atoms with E-state index in [-0.39, 0.29) is 5.91 Å². The molecule has 33 heavy (non-hydrogen) atoms. The van der Waals surface area contributed by atoms with Gasteiger partial charge in [0.05, 0.1) is 7.11 Å². The van der Waals surface area contributed by atoms with Crippen LogP contribution in [0, 0.1) is 6.92 Å². The van der Waals surface area contributed by atoms with Crippen LogP contribution in [0.15, 0.2) is 40.8 Å². The number of methoxy groups -OCH3 is 1. The number of aromatic nitrogens is 3. The predicted octanol–water partition coefficient (Wildman–Crippen LogP) is 3.21. The number of aryl methyl sites for hydroxylation is 1. The molecular formula is C25H33N5O3. The second-order valence-corrected chi connectivity index (χ2v) is 8.65. The Kier molecular flexibility index (Phi) is 7.44. The van der Waals surface area contributed by atoms with Gasteiger partial charge in [0.15, 0.2) is 0 Å². The summed E-state index contributed by atoms with van der Waals surface area (Å²) >= 11 is 0. The fourth-order valence-electron chi connectivity index (χ4n) is 4.20. The Hall–Kier alpha value is -3.13. The van der Waals surface area contributed by atoms with Crippen molar-refractivity contribution in [2.45, 2.75) is 45.6 Å². The molecule has 1 aliphatic rings. The van der Waals surface area contributed by atoms with Crippen molar-refractivity contribution in [2.75, 3.05) is 33.3 Å². The zero-order valence-corrected chi connectivity index (χ0v) is 19.7. The van der Waals surface area contributed by atoms with E-state index in [9.17, 15) is 4.79 Å². The van der Waals surface area contributed by atoms with Gasteiger partial charge in [-0.05, 0) is 56.3 Å². The van der Waals surface area contributed by atoms with Crippen LogP contribution in [-0.2, 0) is 19.4 Å². The van der Waals surface area contributed by atoms with E-state index in [0.29, 0.717) is 24.4 Å². The number of amides is 1. The zero-order chi connectivity index (χ0) is 23.2. The van der Waals surface area contributed by atoms with Gasteiger partial charge in [0.25, 0.3) is 5.91 Å². The minimum absolute atomic E-state index is 0.0969. The van der Waals surface area contributed by atoms with Crippen molar-refractivity contribution in [3.8, 4) is 5.75 Å². The Labute approximate surface area is 194 Å². The Morgan fingerprint density at radius 1 is 1.15 bits per heavy atom. The van der Waals surface area contributed by atoms with Crippen LogP contribution < -0.4 is 10.1 Å². The van der Waals surface area contributed by atoms with Gasteiger partial charge in [-0.3, -0.25) is 4.79 Å². The smallest absolute Gasteiger partial charge is 0.251 e. The number of fused-ring (bicyclic) bond motifs is 1. The first kappa shape index (κ1) is 23.0. The summed E-state index contributed by atoms with van der Waals surface area (Å²) in [5, 5.41) is 11.8. The summed E-state index contributed by atoms with van der Waals surface area (Å²) in [7, 11) is 1.61. The summed E-state index contributed by atoms with van der Waals surface area (Å²) in [6, 6.07) is 11.2. The fraction of sp³-hybridized carbons (Fsp3) is 0.480. The molecule has 0 fully saturated rings. The first-order valence-corrected chi connectivity index (χ1v) is 11.7. The molecule has 2 aromatic heterocycles. The highest BCUT2D eigenvalue weighted by Gasteiger charge is 2.20. The van der Waals surface area contributed by atoms with Gasteiger partial charge >= 0.3 is 0 Å². The van der Waals surface area contributed by atoms with Crippen LogP contribution in [0.3, 0.4) is 0 Å². The van der Waals surface area contributed by atoms with Gasteiger partial charge in [-0.1, -0.05) is 6.92 Å². The number of hydrogen-bond acceptors (Lipinski definition) is 6. The van der Waals surface area contributed by atoms with Crippen molar-refractivity contribution in [3.63, 3.8) is 0 Å². The topological polar surface area (TPSA) is 85.4 Å². The molecule has 1 N–H and O–H groups in total. The van der Waals surface area contributed by atoms with Crippen LogP contribution in [0.4, 0.5) is 0 Å². The van der Waals surface area contributed by atoms with Crippen molar-refractivity contribution in [1.29, 1.82) is 0 Å². The lowest BCUT2D eigenvalue weighted by molar-refractivity contribution is 0.0954. The molecule has 1 aromatic carbocycles. The minimum atomic E-state index is -0.0969. The van der Waals surface area contributed by atoms with E-state index < -0.39 is 0 Å². The third kappa shape index (κ3) is 5.82. The quantitative estimate of drug-likeness (QED) is 0.538. The van der Waals surface area contributed by atoms with E-state index in [1.165, 1.54) is 0 Å². The van der Waals surface area contributed by atoms with Crippen LogP contribution in [0.25, 0.3) is 0 Å². The highest BCUT2D eigenvalue weighted by atomic mass is 16.5. The largest absolute Gasteiger partial charge is 0.497 e. The van der Waals surface area contributed by atoms with E-state index in [1.807, 2.05) is 13.0 Å². The molecule has 0 bridgehead atoms. The van der Waals surface area contributed by atoms with Crippen LogP contribution >= 0.6 is 0 Å². The highest BCUT2D eigenvalue weighted by Crippen LogP contribution is 2.22. The molecule has 0 spiro atoms. The molecule has 8 heteroatoms. The van der Waals surface area contributed by atoms with Crippen LogP contribution in [0.2, 0.25) is 0 Å². The Morgan fingerprint density at radius 2 is 1.97 bits per heavy atom. The number of nitrogens with zero attached hydrogens (tertiary/aromatic N) is 4. The molecule has 1 atom stereocenters. The summed E-state index contributed by atoms with van der Waals surface area (Å²) in [4.78, 5) is 14.9. The Morgan fingerprint density at radius 3 is 2.70 bits per heavy atom. The molecule has 0 saturated heterocycles. The minimum Gasteiger partial charge on any atom is -0.497 e. The fourth-order valence-corrected chi connectivity index (χ4v) is 4.20. The summed E-state index contributed by atoms with van der Waals surface area (Å²) in [5.74, 6) is 5.05. The van der Waals surface area contributed by atoms with Gasteiger partial charge in [-0.15, -0.1) is 10.2 Å². The van der Waals surface area contributed by atoms with Crippen LogP contribution in [0.1, 0.15) is 52.8 Å². The average molecular weight is 452 g/mol. The normalized spacial score (nSPS) is 15.0. The van der Waals surface area contributed by atoms with Crippen molar-refractivity contribution in [2.24, 2.45) is 0 Å². The monoisotopic (exact) mass is 451 g/mol. The van der Waals surface area contributed by atoms with Crippen molar-refractivity contribution in [1.82, 2.24) is 25.0 Å². The molecule has 3 heterocycles. The average Bonchev–Trinajstić information content (AvgIpc) is 3.38. The van der Waals surface area contributed by atoms with E-state index in [4.69, 9.17) is 9.15 Å². The molecule has 8 nitrogen and oxygen atoms in total. The number of nitrogens with one attached hydrogen (secondary N) is 1. The van der Waals surface area contributed by atoms with E-state index >= 15 is 0 Å². The molecule has 4 rings (SSSR count). The van der Waals surface area contributed by atoms with Crippen LogP contribution in [-0.4, -0.2) is 58.9 Å². The lowest BCUT2D eigenvalue weighted by Crippen LogP contribution is -2.29. The number of furan rings is 1. The highest BCUT2D eigenvalue weighted by molar-refractivity contribution is 5.94. The van der Waals surface area contributed by atoms with Crippen molar-refractivity contribution >= 4 is 5.91 Å². The van der Waals surface area contributed by atoms with Gasteiger partial charge in [-0.2, -0.15) is 0 Å². The van der Waals surface area contributed by atoms with Crippen molar-refractivity contribution < 1.29 is 13.9 Å². The number of rotatable bonds is 9. The number of ether oxygens (including phenoxy) is 1. The molecule has 1 unspecified atom stereocenters. The van der Waals surface area contributed by atoms with Gasteiger partial charge in [0.2, 0.25) is 0 Å². The lowest BCUT2D eigenvalue weighted by Gasteiger charge is -2.21. The SMILES string of the molecule is COc1ccc(C(=O)NCCc2nnc3n2CCN(CCC(C)c2ccc(C)o2)CC3)cc1. The molecule has 0 radical (unpaired) electrons. The van der Waals surface area contributed by atoms with Crippen LogP contribution in [0.5, 0.6) is 5.75 Å². The number of benzene rings is 1. The molecule has 3 aromatic rings. The lowest BCUT2D eigenvalue weighted by atomic mass is 10.0. The first-order valence-electron chi connectivity index (χ1n) is 11.7. The second kappa shape index (κ2) is 10.7. The summed E-state index contributed by atoms with van der Waals surface area (Å²) in [6.07, 6.45) is 2.61. The number of carbonyl (C=O) groups excluding carboxylic acids is 1. The zero-order valence-electron chi connectivity index (χ0n) is 19.7. The molecule has 0 aliphatic carbocycles. The predicted molar refractivity (Wildman–Crippen MR) is 126 cm³/mol. The molecule has 176 valence electrons. The van der Waals surface area contributed by atoms with Crippen molar-refractivity contribution in [3.05, 3.63) is 65.1 Å². The maximum absolute atomic E-state index is 12.4. The number of hydrogen-bond donors (Lipinski definition) is 1. The van der Waals surface area contributed by atoms with E-state index in [2.05, 4.69) is 38.0 Å². The molecule has 0 saturated carbocycles. The third-order valence-corrected chi connectivity index (χ3v) is 6.31. The second-order valence-electron chi connectivity index (χ2n) is 8.65. The Balaban J connectivity index is 1.25. The van der Waals surface area contributed by atoms with Gasteiger partial charge in [-0.25, -0.2) is 0 Å². The summed E-state index contributed by atoms with van der Waals surface area (Å²) in [5.41, 5.74) is 0.616. The molecule has 1 amide bonds. The van der Waals surface area contributed by atoms with Gasteiger partial charge in [0, 0.05) is 50.5 Å². The Bertz CT molecular complexity index is 1060. The maximum Gasteiger partial charge on any atom is 0.251 e. The standard InChI is InChI=1S/C25H33N5O3/c1-18(22-9-4-19(2)33-22)11-14-29-15-12-24-28-27-23(30(24)17-16-29)10-13-26-25(31)20-5-7-21(32-3)8-6-20/h4-9,18H,10-17H2,1-3H3,(H,26,31). The summed E-state index contributed by atoms with van der Waals surface area (Å²) in [6.45, 7) is 8.60. The third-order valence-electron chi connectivity index (χ3n) is 6.31. The maximum atomic E-state index is 12.4. The van der Waals surface area contributed by atoms with E-state index in [0.717, 1.165) is 67.9 Å². The summed E-state index contributed by atoms with van der Waals surface area (Å²) < 4.78 is 13.1. The first-order chi connectivity index (χ1) is 16.0. The van der Waals surface area contributed by atoms with E-state index in [1.54, 1.807) is 31.4 Å².